The maximum atomic E-state index is 12.0. The van der Waals surface area contributed by atoms with Crippen molar-refractivity contribution in [3.63, 3.8) is 0 Å². The Morgan fingerprint density at radius 2 is 1.65 bits per heavy atom. The predicted molar refractivity (Wildman–Crippen MR) is 126 cm³/mol. The first kappa shape index (κ1) is 23.2. The number of nitrogens with one attached hydrogen (secondary N) is 2. The first-order chi connectivity index (χ1) is 14.7. The quantitative estimate of drug-likeness (QED) is 0.271. The van der Waals surface area contributed by atoms with Crippen molar-refractivity contribution in [3.05, 3.63) is 79.5 Å². The van der Waals surface area contributed by atoms with Gasteiger partial charge in [-0.15, -0.1) is 0 Å². The number of halogens is 4. The molecule has 0 atom stereocenters. The Morgan fingerprint density at radius 3 is 2.32 bits per heavy atom. The van der Waals surface area contributed by atoms with Crippen molar-refractivity contribution in [2.75, 3.05) is 5.32 Å². The smallest absolute Gasteiger partial charge is 0.318 e. The molecule has 0 radical (unpaired) electrons. The van der Waals surface area contributed by atoms with E-state index in [1.807, 2.05) is 30.5 Å². The normalized spacial score (nSPS) is 11.0. The van der Waals surface area contributed by atoms with E-state index in [9.17, 15) is 9.59 Å². The van der Waals surface area contributed by atoms with Gasteiger partial charge in [0.2, 0.25) is 0 Å². The largest absolute Gasteiger partial charge is 0.329 e. The van der Waals surface area contributed by atoms with Gasteiger partial charge in [-0.05, 0) is 56.3 Å². The van der Waals surface area contributed by atoms with Crippen LogP contribution in [-0.4, -0.2) is 22.6 Å². The predicted octanol–water partition coefficient (Wildman–Crippen LogP) is 5.80. The maximum Gasteiger partial charge on any atom is 0.329 e. The molecule has 0 aliphatic carbocycles. The summed E-state index contributed by atoms with van der Waals surface area (Å²) >= 11 is 24.0. The van der Waals surface area contributed by atoms with E-state index in [2.05, 4.69) is 15.8 Å². The van der Waals surface area contributed by atoms with E-state index in [4.69, 9.17) is 46.4 Å². The summed E-state index contributed by atoms with van der Waals surface area (Å²) in [6, 6.07) is 11.6. The fraction of sp³-hybridized carbons (Fsp3) is 0.0952. The highest BCUT2D eigenvalue weighted by Gasteiger charge is 2.15. The lowest BCUT2D eigenvalue weighted by Gasteiger charge is -2.11. The van der Waals surface area contributed by atoms with Crippen LogP contribution >= 0.6 is 46.4 Å². The molecule has 6 nitrogen and oxygen atoms in total. The third-order valence-electron chi connectivity index (χ3n) is 4.37. The van der Waals surface area contributed by atoms with Crippen LogP contribution in [-0.2, 0) is 9.59 Å². The van der Waals surface area contributed by atoms with Crippen LogP contribution < -0.4 is 10.7 Å². The average Bonchev–Trinajstić information content (AvgIpc) is 2.98. The van der Waals surface area contributed by atoms with Gasteiger partial charge in [0.25, 0.3) is 0 Å². The number of anilines is 1. The van der Waals surface area contributed by atoms with Crippen molar-refractivity contribution in [2.45, 2.75) is 13.8 Å². The molecule has 3 aromatic rings. The second-order valence-electron chi connectivity index (χ2n) is 6.54. The summed E-state index contributed by atoms with van der Waals surface area (Å²) in [4.78, 5) is 24.0. The number of hydrogen-bond acceptors (Lipinski definition) is 3. The number of nitrogens with zero attached hydrogens (tertiary/aromatic N) is 2. The zero-order valence-electron chi connectivity index (χ0n) is 16.3. The molecule has 0 saturated heterocycles. The molecule has 2 N–H and O–H groups in total. The molecule has 31 heavy (non-hydrogen) atoms. The minimum Gasteiger partial charge on any atom is -0.318 e. The first-order valence-electron chi connectivity index (χ1n) is 8.91. The van der Waals surface area contributed by atoms with E-state index in [1.165, 1.54) is 24.4 Å². The fourth-order valence-electron chi connectivity index (χ4n) is 2.92. The van der Waals surface area contributed by atoms with Gasteiger partial charge in [0.05, 0.1) is 27.0 Å². The summed E-state index contributed by atoms with van der Waals surface area (Å²) in [5.74, 6) is -1.83. The lowest BCUT2D eigenvalue weighted by atomic mass is 10.2. The van der Waals surface area contributed by atoms with E-state index in [0.29, 0.717) is 20.8 Å². The molecule has 3 rings (SSSR count). The number of aromatic nitrogens is 1. The van der Waals surface area contributed by atoms with E-state index >= 15 is 0 Å². The number of carbonyl (C=O) groups is 2. The second kappa shape index (κ2) is 9.75. The van der Waals surface area contributed by atoms with Crippen LogP contribution in [0.5, 0.6) is 0 Å². The van der Waals surface area contributed by atoms with Gasteiger partial charge in [0.1, 0.15) is 0 Å². The van der Waals surface area contributed by atoms with Gasteiger partial charge in [-0.1, -0.05) is 46.4 Å². The van der Waals surface area contributed by atoms with Gasteiger partial charge >= 0.3 is 11.8 Å². The van der Waals surface area contributed by atoms with Crippen LogP contribution in [0.15, 0.2) is 47.6 Å². The average molecular weight is 498 g/mol. The number of carbonyl (C=O) groups excluding carboxylic acids is 2. The van der Waals surface area contributed by atoms with Gasteiger partial charge in [0, 0.05) is 27.7 Å². The monoisotopic (exact) mass is 496 g/mol. The third-order valence-corrected chi connectivity index (χ3v) is 5.65. The Hall–Kier alpha value is -2.51. The number of aryl methyl sites for hydroxylation is 1. The highest BCUT2D eigenvalue weighted by Crippen LogP contribution is 2.28. The Bertz CT molecular complexity index is 1200. The van der Waals surface area contributed by atoms with Crippen molar-refractivity contribution < 1.29 is 9.59 Å². The first-order valence-corrected chi connectivity index (χ1v) is 10.4. The summed E-state index contributed by atoms with van der Waals surface area (Å²) in [5.41, 5.74) is 5.80. The zero-order valence-corrected chi connectivity index (χ0v) is 19.4. The Balaban J connectivity index is 1.70. The standard InChI is InChI=1S/C21H16Cl4N4O2/c1-11-7-13(12(2)29(11)19-6-3-14(22)8-18(19)25)10-26-28-21(31)20(30)27-15-4-5-16(23)17(24)9-15/h3-10H,1-2H3,(H,27,30)(H,28,31)/b26-10-. The molecule has 0 fully saturated rings. The number of hydrazone groups is 1. The fourth-order valence-corrected chi connectivity index (χ4v) is 3.72. The van der Waals surface area contributed by atoms with Crippen molar-refractivity contribution in [1.82, 2.24) is 9.99 Å². The zero-order chi connectivity index (χ0) is 22.7. The van der Waals surface area contributed by atoms with Gasteiger partial charge in [-0.2, -0.15) is 5.10 Å². The summed E-state index contributed by atoms with van der Waals surface area (Å²) in [7, 11) is 0. The highest BCUT2D eigenvalue weighted by molar-refractivity contribution is 6.43. The van der Waals surface area contributed by atoms with Crippen LogP contribution in [0.4, 0.5) is 5.69 Å². The Kier molecular flexibility index (Phi) is 7.28. The minimum absolute atomic E-state index is 0.258. The molecule has 10 heteroatoms. The Labute approximate surface area is 198 Å². The summed E-state index contributed by atoms with van der Waals surface area (Å²) in [6.07, 6.45) is 1.45. The van der Waals surface area contributed by atoms with E-state index in [-0.39, 0.29) is 5.02 Å². The number of rotatable bonds is 4. The van der Waals surface area contributed by atoms with Crippen molar-refractivity contribution in [2.24, 2.45) is 5.10 Å². The highest BCUT2D eigenvalue weighted by atomic mass is 35.5. The second-order valence-corrected chi connectivity index (χ2v) is 8.20. The SMILES string of the molecule is Cc1cc(/C=N\NC(=O)C(=O)Nc2ccc(Cl)c(Cl)c2)c(C)n1-c1ccc(Cl)cc1Cl. The van der Waals surface area contributed by atoms with Gasteiger partial charge in [0.15, 0.2) is 0 Å². The molecular weight excluding hydrogens is 482 g/mol. The molecule has 0 saturated carbocycles. The van der Waals surface area contributed by atoms with Crippen molar-refractivity contribution in [3.8, 4) is 5.69 Å². The molecule has 0 aliphatic heterocycles. The van der Waals surface area contributed by atoms with Crippen LogP contribution in [0, 0.1) is 13.8 Å². The topological polar surface area (TPSA) is 75.5 Å². The van der Waals surface area contributed by atoms with E-state index in [1.54, 1.807) is 12.1 Å². The molecule has 0 spiro atoms. The lowest BCUT2D eigenvalue weighted by molar-refractivity contribution is -0.136. The van der Waals surface area contributed by atoms with Gasteiger partial charge in [-0.25, -0.2) is 5.43 Å². The number of hydrogen-bond donors (Lipinski definition) is 2. The van der Waals surface area contributed by atoms with E-state index < -0.39 is 11.8 Å². The molecule has 1 heterocycles. The summed E-state index contributed by atoms with van der Waals surface area (Å²) in [5, 5.41) is 7.94. The molecule has 0 aliphatic rings. The van der Waals surface area contributed by atoms with Gasteiger partial charge in [-0.3, -0.25) is 9.59 Å². The van der Waals surface area contributed by atoms with Crippen LogP contribution in [0.1, 0.15) is 17.0 Å². The molecule has 2 aromatic carbocycles. The van der Waals surface area contributed by atoms with Crippen molar-refractivity contribution in [1.29, 1.82) is 0 Å². The van der Waals surface area contributed by atoms with Crippen LogP contribution in [0.2, 0.25) is 20.1 Å². The molecule has 0 bridgehead atoms. The summed E-state index contributed by atoms with van der Waals surface area (Å²) < 4.78 is 1.94. The van der Waals surface area contributed by atoms with Gasteiger partial charge < -0.3 is 9.88 Å². The number of amides is 2. The number of benzene rings is 2. The minimum atomic E-state index is -0.933. The lowest BCUT2D eigenvalue weighted by Crippen LogP contribution is -2.32. The summed E-state index contributed by atoms with van der Waals surface area (Å²) in [6.45, 7) is 3.80. The van der Waals surface area contributed by atoms with E-state index in [0.717, 1.165) is 22.6 Å². The molecule has 2 amide bonds. The molecular formula is C21H16Cl4N4O2. The van der Waals surface area contributed by atoms with Crippen molar-refractivity contribution >= 4 is 70.1 Å². The maximum absolute atomic E-state index is 12.0. The third kappa shape index (κ3) is 5.40. The van der Waals surface area contributed by atoms with Crippen LogP contribution in [0.25, 0.3) is 5.69 Å². The molecule has 160 valence electrons. The Morgan fingerprint density at radius 1 is 0.903 bits per heavy atom. The van der Waals surface area contributed by atoms with Crippen LogP contribution in [0.3, 0.4) is 0 Å². The molecule has 1 aromatic heterocycles. The molecule has 0 unspecified atom stereocenters.